The Morgan fingerprint density at radius 1 is 1.11 bits per heavy atom. The highest BCUT2D eigenvalue weighted by molar-refractivity contribution is 6.18. The number of benzene rings is 1. The molecule has 342 valence electrons. The van der Waals surface area contributed by atoms with Gasteiger partial charge in [-0.3, -0.25) is 29.3 Å². The van der Waals surface area contributed by atoms with Gasteiger partial charge in [0, 0.05) is 69.7 Å². The molecule has 8 rings (SSSR count). The first-order valence-electron chi connectivity index (χ1n) is 22.0. The van der Waals surface area contributed by atoms with Gasteiger partial charge in [0.2, 0.25) is 11.8 Å². The van der Waals surface area contributed by atoms with E-state index in [2.05, 4.69) is 53.9 Å². The second-order valence-electron chi connectivity index (χ2n) is 16.9. The highest BCUT2D eigenvalue weighted by Crippen LogP contribution is 2.36. The molecular weight excluding hydrogens is 846 g/mol. The number of anilines is 3. The quantitative estimate of drug-likeness (QED) is 0.0803. The van der Waals surface area contributed by atoms with Crippen molar-refractivity contribution in [2.75, 3.05) is 68.5 Å². The number of carbonyl (C=O) groups excluding carboxylic acids is 3. The number of ether oxygens (including phenoxy) is 2. The van der Waals surface area contributed by atoms with Gasteiger partial charge in [-0.15, -0.1) is 0 Å². The maximum atomic E-state index is 15.4. The Balaban J connectivity index is 0.811. The summed E-state index contributed by atoms with van der Waals surface area (Å²) in [5.74, 6) is 4.69. The highest BCUT2D eigenvalue weighted by Gasteiger charge is 2.34. The predicted octanol–water partition coefficient (Wildman–Crippen LogP) is 4.91. The minimum atomic E-state index is -2.93. The zero-order chi connectivity index (χ0) is 45.6. The number of carbonyl (C=O) groups is 3. The number of hydrogen-bond donors (Lipinski definition) is 4. The number of rotatable bonds is 13. The summed E-state index contributed by atoms with van der Waals surface area (Å²) in [5.41, 5.74) is 1.57. The number of nitrogens with one attached hydrogen (secondary N) is 4. The predicted molar refractivity (Wildman–Crippen MR) is 233 cm³/mol. The summed E-state index contributed by atoms with van der Waals surface area (Å²) in [7, 11) is 1.71. The van der Waals surface area contributed by atoms with Crippen LogP contribution in [0.4, 0.5) is 30.4 Å². The third-order valence-corrected chi connectivity index (χ3v) is 12.7. The summed E-state index contributed by atoms with van der Waals surface area (Å²) < 4.78 is 58.6. The van der Waals surface area contributed by atoms with E-state index < -0.39 is 42.1 Å². The summed E-state index contributed by atoms with van der Waals surface area (Å²) in [5, 5.41) is 34.3. The molecule has 65 heavy (non-hydrogen) atoms. The summed E-state index contributed by atoms with van der Waals surface area (Å²) in [6.07, 6.45) is 3.64. The van der Waals surface area contributed by atoms with Gasteiger partial charge in [-0.2, -0.15) is 15.5 Å². The van der Waals surface area contributed by atoms with E-state index in [9.17, 15) is 23.2 Å². The molecule has 4 fully saturated rings. The Morgan fingerprint density at radius 2 is 1.94 bits per heavy atom. The smallest absolute Gasteiger partial charge is 0.284 e. The molecule has 4 atom stereocenters. The molecule has 3 saturated heterocycles. The number of likely N-dealkylation sites (tertiary alicyclic amines) is 1. The number of nitrogens with zero attached hydrogens (tertiary/aromatic N) is 8. The van der Waals surface area contributed by atoms with Crippen molar-refractivity contribution >= 4 is 46.3 Å². The lowest BCUT2D eigenvalue weighted by molar-refractivity contribution is -0.134. The van der Waals surface area contributed by atoms with Crippen LogP contribution in [0.1, 0.15) is 91.0 Å². The minimum absolute atomic E-state index is 0.0132. The van der Waals surface area contributed by atoms with Crippen LogP contribution in [0.25, 0.3) is 5.65 Å². The zero-order valence-corrected chi connectivity index (χ0v) is 35.9. The van der Waals surface area contributed by atoms with E-state index in [-0.39, 0.29) is 73.1 Å². The second-order valence-corrected chi connectivity index (χ2v) is 16.9. The number of imide groups is 1. The molecule has 3 aliphatic heterocycles. The van der Waals surface area contributed by atoms with Crippen LogP contribution in [0, 0.1) is 40.4 Å². The van der Waals surface area contributed by atoms with E-state index >= 15 is 4.39 Å². The van der Waals surface area contributed by atoms with Crippen molar-refractivity contribution in [1.29, 1.82) is 10.7 Å². The van der Waals surface area contributed by atoms with Gasteiger partial charge in [0.25, 0.3) is 12.3 Å². The largest absolute Gasteiger partial charge is 0.387 e. The maximum absolute atomic E-state index is 15.4. The lowest BCUT2D eigenvalue weighted by Crippen LogP contribution is -2.47. The molecular formula is C45H51F3N12O5. The van der Waals surface area contributed by atoms with E-state index in [1.54, 1.807) is 37.5 Å². The number of halogens is 3. The molecule has 4 aliphatic rings. The topological polar surface area (TPSA) is 208 Å². The van der Waals surface area contributed by atoms with Gasteiger partial charge in [0.15, 0.2) is 11.3 Å². The van der Waals surface area contributed by atoms with E-state index in [4.69, 9.17) is 20.1 Å². The Labute approximate surface area is 373 Å². The molecule has 0 bridgehead atoms. The Morgan fingerprint density at radius 3 is 2.69 bits per heavy atom. The van der Waals surface area contributed by atoms with Crippen molar-refractivity contribution < 1.29 is 37.0 Å². The molecule has 1 saturated carbocycles. The van der Waals surface area contributed by atoms with Crippen LogP contribution in [-0.2, 0) is 19.1 Å². The lowest BCUT2D eigenvalue weighted by Gasteiger charge is -2.38. The van der Waals surface area contributed by atoms with Crippen LogP contribution in [0.5, 0.6) is 0 Å². The van der Waals surface area contributed by atoms with E-state index in [1.807, 2.05) is 4.90 Å². The molecule has 6 heterocycles. The van der Waals surface area contributed by atoms with Crippen LogP contribution in [0.3, 0.4) is 0 Å². The van der Waals surface area contributed by atoms with Gasteiger partial charge in [-0.25, -0.2) is 22.7 Å². The number of para-hydroxylation sites is 1. The van der Waals surface area contributed by atoms with Crippen molar-refractivity contribution in [3.63, 3.8) is 0 Å². The summed E-state index contributed by atoms with van der Waals surface area (Å²) in [6, 6.07) is 9.01. The van der Waals surface area contributed by atoms with Gasteiger partial charge in [-0.1, -0.05) is 24.0 Å². The van der Waals surface area contributed by atoms with Crippen molar-refractivity contribution in [3.8, 4) is 17.9 Å². The minimum Gasteiger partial charge on any atom is -0.387 e. The van der Waals surface area contributed by atoms with Crippen LogP contribution in [0.15, 0.2) is 42.9 Å². The summed E-state index contributed by atoms with van der Waals surface area (Å²) in [4.78, 5) is 46.3. The van der Waals surface area contributed by atoms with Crippen LogP contribution in [0.2, 0.25) is 0 Å². The monoisotopic (exact) mass is 896 g/mol. The fourth-order valence-electron chi connectivity index (χ4n) is 9.23. The number of fused-ring (bicyclic) bond motifs is 1. The van der Waals surface area contributed by atoms with Crippen molar-refractivity contribution in [3.05, 3.63) is 65.2 Å². The molecule has 1 aliphatic carbocycles. The van der Waals surface area contributed by atoms with Gasteiger partial charge in [-0.05, 0) is 56.6 Å². The number of alkyl halides is 3. The average Bonchev–Trinajstić information content (AvgIpc) is 3.93. The third-order valence-electron chi connectivity index (χ3n) is 12.7. The molecule has 0 radical (unpaired) electrons. The van der Waals surface area contributed by atoms with Crippen LogP contribution in [-0.4, -0.2) is 124 Å². The number of piperidine rings is 2. The fourth-order valence-corrected chi connectivity index (χ4v) is 9.23. The second kappa shape index (κ2) is 20.2. The number of nitriles is 1. The molecule has 3 amide bonds. The normalized spacial score (nSPS) is 24.0. The van der Waals surface area contributed by atoms with Gasteiger partial charge >= 0.3 is 0 Å². The molecule has 4 aromatic rings. The first-order chi connectivity index (χ1) is 31.5. The molecule has 3 aromatic heterocycles. The van der Waals surface area contributed by atoms with Crippen molar-refractivity contribution in [2.45, 2.75) is 82.2 Å². The first-order valence-corrected chi connectivity index (χ1v) is 22.0. The molecule has 0 spiro atoms. The van der Waals surface area contributed by atoms with Crippen molar-refractivity contribution in [1.82, 2.24) is 34.6 Å². The number of aromatic nitrogens is 5. The van der Waals surface area contributed by atoms with Gasteiger partial charge in [0.1, 0.15) is 24.2 Å². The number of morpholine rings is 1. The lowest BCUT2D eigenvalue weighted by atomic mass is 9.85. The third kappa shape index (κ3) is 10.3. The highest BCUT2D eigenvalue weighted by atomic mass is 19.3. The first kappa shape index (κ1) is 45.2. The van der Waals surface area contributed by atoms with Crippen LogP contribution < -0.4 is 20.9 Å². The van der Waals surface area contributed by atoms with E-state index in [1.165, 1.54) is 21.6 Å². The fraction of sp³-hybridized carbons (Fsp3) is 0.511. The van der Waals surface area contributed by atoms with E-state index in [0.29, 0.717) is 80.6 Å². The van der Waals surface area contributed by atoms with E-state index in [0.717, 1.165) is 12.8 Å². The standard InChI is InChI=1S/C45H51F3N12O5/c1-51-40-28(4-2-6-31(40)39(50)32-11-12-38(61)55-44(32)62)5-3-20-65-36-14-17-57(25-34(36)46)23-27-7-9-29(10-8-27)60-26-35(41(56-60)42(47)48)53-45(63)33-22-52-59-18-15-37(54-43(33)59)58-19-21-64-30(24-58)13-16-49/h2,4,6,15,18,22,26-27,29-30,32,34,36,42,50-51H,7-14,17,19-21,23-25H2,1H3,(H,53,63)(H,55,61,62)/t27?,29?,30?,32?,34-,36+/m0/s1. The van der Waals surface area contributed by atoms with Crippen LogP contribution >= 0.6 is 0 Å². The Bertz CT molecular complexity index is 2520. The Kier molecular flexibility index (Phi) is 14.1. The SMILES string of the molecule is CNc1c(C#CCO[C@@H]2CCN(CC3CCC(n4cc(NC(=O)c5cnn6ccc(N7CCOC(CC#N)C7)nc56)c(C(F)F)n4)CC3)C[C@@H]2F)cccc1C(=N)C1CCC(=O)NC1=O. The molecule has 2 unspecified atom stereocenters. The van der Waals surface area contributed by atoms with Crippen molar-refractivity contribution in [2.24, 2.45) is 11.8 Å². The number of amides is 3. The van der Waals surface area contributed by atoms with Gasteiger partial charge in [0.05, 0.1) is 66.5 Å². The summed E-state index contributed by atoms with van der Waals surface area (Å²) in [6.45, 7) is 3.04. The molecule has 4 N–H and O–H groups in total. The van der Waals surface area contributed by atoms with Gasteiger partial charge < -0.3 is 30.4 Å². The molecule has 20 heteroatoms. The molecule has 17 nitrogen and oxygen atoms in total. The zero-order valence-electron chi connectivity index (χ0n) is 35.9. The summed E-state index contributed by atoms with van der Waals surface area (Å²) >= 11 is 0. The Hall–Kier alpha value is -6.35. The molecule has 1 aromatic carbocycles. The average molecular weight is 897 g/mol. The number of hydrogen-bond acceptors (Lipinski definition) is 13. The maximum Gasteiger partial charge on any atom is 0.284 e.